The van der Waals surface area contributed by atoms with Gasteiger partial charge in [-0.05, 0) is 18.1 Å². The van der Waals surface area contributed by atoms with Crippen LogP contribution in [0.1, 0.15) is 12.5 Å². The van der Waals surface area contributed by atoms with Gasteiger partial charge >= 0.3 is 0 Å². The van der Waals surface area contributed by atoms with Crippen molar-refractivity contribution in [1.29, 1.82) is 0 Å². The Morgan fingerprint density at radius 2 is 1.68 bits per heavy atom. The van der Waals surface area contributed by atoms with E-state index in [1.807, 2.05) is 0 Å². The molecule has 1 atom stereocenters. The monoisotopic (exact) mass is 347 g/mol. The predicted octanol–water partition coefficient (Wildman–Crippen LogP) is 3.67. The third-order valence-electron chi connectivity index (χ3n) is 3.86. The average molecular weight is 347 g/mol. The molecule has 0 aliphatic heterocycles. The Labute approximate surface area is 146 Å². The van der Waals surface area contributed by atoms with Gasteiger partial charge in [-0.15, -0.1) is 0 Å². The molecule has 0 saturated carbocycles. The van der Waals surface area contributed by atoms with Crippen LogP contribution >= 0.6 is 0 Å². The van der Waals surface area contributed by atoms with Crippen LogP contribution in [0.2, 0.25) is 0 Å². The Morgan fingerprint density at radius 3 is 2.20 bits per heavy atom. The number of benzene rings is 2. The zero-order valence-corrected chi connectivity index (χ0v) is 14.8. The number of methoxy groups -OCH3 is 3. The van der Waals surface area contributed by atoms with Gasteiger partial charge in [0, 0.05) is 23.7 Å². The number of carbonyl (C=O) groups is 1. The number of hydrogen-bond acceptors (Lipinski definition) is 4. The maximum atomic E-state index is 13.7. The first-order chi connectivity index (χ1) is 12.0. The molecule has 0 spiro atoms. The molecule has 6 heteroatoms. The molecule has 0 aromatic heterocycles. The van der Waals surface area contributed by atoms with Gasteiger partial charge in [0.05, 0.1) is 21.3 Å². The molecule has 2 aromatic rings. The molecule has 0 aliphatic carbocycles. The molecule has 0 aliphatic rings. The van der Waals surface area contributed by atoms with Crippen molar-refractivity contribution in [3.8, 4) is 17.2 Å². The predicted molar refractivity (Wildman–Crippen MR) is 94.0 cm³/mol. The summed E-state index contributed by atoms with van der Waals surface area (Å²) in [4.78, 5) is 12.4. The van der Waals surface area contributed by atoms with E-state index in [1.54, 1.807) is 37.3 Å². The van der Waals surface area contributed by atoms with Crippen LogP contribution < -0.4 is 19.5 Å². The first kappa shape index (κ1) is 18.6. The zero-order chi connectivity index (χ0) is 18.4. The van der Waals surface area contributed by atoms with Crippen LogP contribution in [-0.2, 0) is 11.2 Å². The van der Waals surface area contributed by atoms with Gasteiger partial charge in [0.15, 0.2) is 11.5 Å². The van der Waals surface area contributed by atoms with E-state index in [4.69, 9.17) is 14.2 Å². The molecule has 2 aromatic carbocycles. The maximum Gasteiger partial charge on any atom is 0.227 e. The molecule has 1 amide bonds. The first-order valence-electron chi connectivity index (χ1n) is 7.84. The number of halogens is 1. The third-order valence-corrected chi connectivity index (χ3v) is 3.86. The van der Waals surface area contributed by atoms with E-state index in [1.165, 1.54) is 27.4 Å². The van der Waals surface area contributed by atoms with Crippen molar-refractivity contribution in [1.82, 2.24) is 0 Å². The molecule has 25 heavy (non-hydrogen) atoms. The second-order valence-electron chi connectivity index (χ2n) is 5.60. The Morgan fingerprint density at radius 1 is 1.08 bits per heavy atom. The summed E-state index contributed by atoms with van der Waals surface area (Å²) in [6, 6.07) is 9.74. The lowest BCUT2D eigenvalue weighted by Crippen LogP contribution is -2.22. The van der Waals surface area contributed by atoms with E-state index in [9.17, 15) is 9.18 Å². The minimum Gasteiger partial charge on any atom is -0.493 e. The number of nitrogens with one attached hydrogen (secondary N) is 1. The number of ether oxygens (including phenoxy) is 3. The van der Waals surface area contributed by atoms with Gasteiger partial charge < -0.3 is 19.5 Å². The quantitative estimate of drug-likeness (QED) is 0.830. The second-order valence-corrected chi connectivity index (χ2v) is 5.60. The van der Waals surface area contributed by atoms with Crippen LogP contribution in [-0.4, -0.2) is 27.2 Å². The van der Waals surface area contributed by atoms with Crippen molar-refractivity contribution >= 4 is 11.6 Å². The number of carbonyl (C=O) groups excluding carboxylic acids is 1. The van der Waals surface area contributed by atoms with Crippen LogP contribution in [0.25, 0.3) is 0 Å². The smallest absolute Gasteiger partial charge is 0.227 e. The lowest BCUT2D eigenvalue weighted by atomic mass is 10.00. The van der Waals surface area contributed by atoms with Crippen molar-refractivity contribution in [3.05, 3.63) is 47.8 Å². The minimum absolute atomic E-state index is 0.225. The average Bonchev–Trinajstić information content (AvgIpc) is 2.62. The molecule has 134 valence electrons. The molecule has 0 radical (unpaired) electrons. The standard InChI is InChI=1S/C19H22FNO4/c1-12(9-13-7-5-6-8-15(13)20)19(22)21-14-10-16(23-2)18(25-4)17(11-14)24-3/h5-8,10-12H,9H2,1-4H3,(H,21,22). The highest BCUT2D eigenvalue weighted by Gasteiger charge is 2.18. The highest BCUT2D eigenvalue weighted by molar-refractivity contribution is 5.93. The molecule has 0 fully saturated rings. The summed E-state index contributed by atoms with van der Waals surface area (Å²) in [5, 5.41) is 2.81. The van der Waals surface area contributed by atoms with Crippen LogP contribution in [0.3, 0.4) is 0 Å². The fourth-order valence-electron chi connectivity index (χ4n) is 2.51. The molecule has 2 rings (SSSR count). The summed E-state index contributed by atoms with van der Waals surface area (Å²) in [6.45, 7) is 1.75. The van der Waals surface area contributed by atoms with Gasteiger partial charge in [0.25, 0.3) is 0 Å². The Balaban J connectivity index is 2.15. The summed E-state index contributed by atoms with van der Waals surface area (Å²) in [5.41, 5.74) is 1.02. The normalized spacial score (nSPS) is 11.6. The van der Waals surface area contributed by atoms with E-state index >= 15 is 0 Å². The zero-order valence-electron chi connectivity index (χ0n) is 14.8. The third kappa shape index (κ3) is 4.41. The number of amides is 1. The van der Waals surface area contributed by atoms with Crippen molar-refractivity contribution < 1.29 is 23.4 Å². The van der Waals surface area contributed by atoms with Gasteiger partial charge in [-0.25, -0.2) is 4.39 Å². The van der Waals surface area contributed by atoms with E-state index in [0.717, 1.165) is 0 Å². The lowest BCUT2D eigenvalue weighted by Gasteiger charge is -2.16. The number of anilines is 1. The van der Waals surface area contributed by atoms with Gasteiger partial charge in [-0.1, -0.05) is 25.1 Å². The van der Waals surface area contributed by atoms with E-state index in [2.05, 4.69) is 5.32 Å². The number of rotatable bonds is 7. The Kier molecular flexibility index (Phi) is 6.22. The topological polar surface area (TPSA) is 56.8 Å². The lowest BCUT2D eigenvalue weighted by molar-refractivity contribution is -0.119. The van der Waals surface area contributed by atoms with E-state index in [-0.39, 0.29) is 11.7 Å². The van der Waals surface area contributed by atoms with Gasteiger partial charge in [0.1, 0.15) is 5.82 Å². The summed E-state index contributed by atoms with van der Waals surface area (Å²) >= 11 is 0. The maximum absolute atomic E-state index is 13.7. The Bertz CT molecular complexity index is 723. The fourth-order valence-corrected chi connectivity index (χ4v) is 2.51. The van der Waals surface area contributed by atoms with Crippen LogP contribution in [0.15, 0.2) is 36.4 Å². The summed E-state index contributed by atoms with van der Waals surface area (Å²) < 4.78 is 29.5. The molecule has 0 bridgehead atoms. The second kappa shape index (κ2) is 8.37. The van der Waals surface area contributed by atoms with Crippen molar-refractivity contribution in [2.24, 2.45) is 5.92 Å². The number of hydrogen-bond donors (Lipinski definition) is 1. The summed E-state index contributed by atoms with van der Waals surface area (Å²) in [6.07, 6.45) is 0.308. The molecular weight excluding hydrogens is 325 g/mol. The summed E-state index contributed by atoms with van der Waals surface area (Å²) in [5.74, 6) is 0.392. The van der Waals surface area contributed by atoms with E-state index < -0.39 is 5.92 Å². The first-order valence-corrected chi connectivity index (χ1v) is 7.84. The molecule has 0 saturated heterocycles. The molecule has 0 heterocycles. The van der Waals surface area contributed by atoms with Crippen molar-refractivity contribution in [3.63, 3.8) is 0 Å². The van der Waals surface area contributed by atoms with Gasteiger partial charge in [-0.2, -0.15) is 0 Å². The fraction of sp³-hybridized carbons (Fsp3) is 0.316. The Hall–Kier alpha value is -2.76. The van der Waals surface area contributed by atoms with Gasteiger partial charge in [0.2, 0.25) is 11.7 Å². The highest BCUT2D eigenvalue weighted by Crippen LogP contribution is 2.40. The molecule has 5 nitrogen and oxygen atoms in total. The molecular formula is C19H22FNO4. The van der Waals surface area contributed by atoms with Crippen molar-refractivity contribution in [2.75, 3.05) is 26.6 Å². The summed E-state index contributed by atoms with van der Waals surface area (Å²) in [7, 11) is 4.52. The van der Waals surface area contributed by atoms with E-state index in [0.29, 0.717) is 34.9 Å². The van der Waals surface area contributed by atoms with Crippen LogP contribution in [0, 0.1) is 11.7 Å². The SMILES string of the molecule is COc1cc(NC(=O)C(C)Cc2ccccc2F)cc(OC)c1OC. The van der Waals surface area contributed by atoms with Crippen LogP contribution in [0.4, 0.5) is 10.1 Å². The largest absolute Gasteiger partial charge is 0.493 e. The molecule has 1 N–H and O–H groups in total. The minimum atomic E-state index is -0.406. The van der Waals surface area contributed by atoms with Crippen molar-refractivity contribution in [2.45, 2.75) is 13.3 Å². The molecule has 1 unspecified atom stereocenters. The highest BCUT2D eigenvalue weighted by atomic mass is 19.1. The van der Waals surface area contributed by atoms with Crippen LogP contribution in [0.5, 0.6) is 17.2 Å². The van der Waals surface area contributed by atoms with Gasteiger partial charge in [-0.3, -0.25) is 4.79 Å².